The number of amides is 2. The summed E-state index contributed by atoms with van der Waals surface area (Å²) in [6.45, 7) is 10.3. The summed E-state index contributed by atoms with van der Waals surface area (Å²) in [5.74, 6) is -0.778. The number of Topliss-reactive ketones (excluding diaryl/α,β-unsaturated/α-hetero) is 1. The van der Waals surface area contributed by atoms with E-state index in [4.69, 9.17) is 28.5 Å². The molecule has 0 heterocycles. The Morgan fingerprint density at radius 1 is 0.848 bits per heavy atom. The monoisotopic (exact) mass is 646 g/mol. The Hall–Kier alpha value is -4.03. The molecular weight excluding hydrogens is 596 g/mol. The lowest BCUT2D eigenvalue weighted by Gasteiger charge is -2.33. The summed E-state index contributed by atoms with van der Waals surface area (Å²) in [4.78, 5) is 46.3. The highest BCUT2D eigenvalue weighted by molar-refractivity contribution is 5.92. The van der Waals surface area contributed by atoms with E-state index in [0.29, 0.717) is 39.9 Å². The van der Waals surface area contributed by atoms with E-state index in [-0.39, 0.29) is 31.3 Å². The zero-order valence-electron chi connectivity index (χ0n) is 28.9. The molecule has 2 N–H and O–H groups in total. The Morgan fingerprint density at radius 3 is 1.85 bits per heavy atom. The van der Waals surface area contributed by atoms with Crippen molar-refractivity contribution >= 4 is 17.6 Å². The number of ketones is 1. The van der Waals surface area contributed by atoms with Crippen molar-refractivity contribution in [1.29, 1.82) is 0 Å². The molecule has 0 radical (unpaired) electrons. The van der Waals surface area contributed by atoms with Crippen LogP contribution < -0.4 is 29.0 Å². The van der Waals surface area contributed by atoms with Gasteiger partial charge in [-0.1, -0.05) is 34.6 Å². The first-order valence-electron chi connectivity index (χ1n) is 15.0. The topological polar surface area (TPSA) is 142 Å². The number of benzene rings is 2. The van der Waals surface area contributed by atoms with Crippen molar-refractivity contribution in [1.82, 2.24) is 10.4 Å². The minimum Gasteiger partial charge on any atom is -0.497 e. The van der Waals surface area contributed by atoms with Crippen LogP contribution in [0.15, 0.2) is 30.3 Å². The van der Waals surface area contributed by atoms with Crippen molar-refractivity contribution in [2.75, 3.05) is 35.5 Å². The molecule has 0 saturated heterocycles. The minimum absolute atomic E-state index is 0.0664. The van der Waals surface area contributed by atoms with Gasteiger partial charge in [0.1, 0.15) is 41.5 Å². The Kier molecular flexibility index (Phi) is 14.1. The molecule has 46 heavy (non-hydrogen) atoms. The fourth-order valence-electron chi connectivity index (χ4n) is 5.07. The molecule has 2 rings (SSSR count). The number of carbonyl (C=O) groups is 3. The zero-order valence-corrected chi connectivity index (χ0v) is 28.9. The number of rotatable bonds is 17. The van der Waals surface area contributed by atoms with Crippen LogP contribution in [0.25, 0.3) is 0 Å². The van der Waals surface area contributed by atoms with E-state index in [2.05, 4.69) is 5.32 Å². The molecule has 1 unspecified atom stereocenters. The maximum atomic E-state index is 14.1. The number of hydrogen-bond acceptors (Lipinski definition) is 10. The highest BCUT2D eigenvalue weighted by Gasteiger charge is 2.39. The second-order valence-corrected chi connectivity index (χ2v) is 12.4. The van der Waals surface area contributed by atoms with Gasteiger partial charge in [0.05, 0.1) is 59.6 Å². The maximum absolute atomic E-state index is 14.1. The Balaban J connectivity index is 2.57. The highest BCUT2D eigenvalue weighted by Crippen LogP contribution is 2.36. The first-order chi connectivity index (χ1) is 21.6. The molecule has 12 nitrogen and oxygen atoms in total. The van der Waals surface area contributed by atoms with Crippen LogP contribution in [-0.2, 0) is 32.4 Å². The molecular formula is C34H50N2O10. The number of aliphatic hydroxyl groups is 1. The van der Waals surface area contributed by atoms with E-state index in [1.54, 1.807) is 30.3 Å². The number of ether oxygens (including phenoxy) is 5. The summed E-state index contributed by atoms with van der Waals surface area (Å²) in [7, 11) is 7.46. The van der Waals surface area contributed by atoms with Crippen LogP contribution in [0.2, 0.25) is 0 Å². The first kappa shape index (κ1) is 38.2. The Morgan fingerprint density at radius 2 is 1.39 bits per heavy atom. The molecule has 0 spiro atoms. The van der Waals surface area contributed by atoms with Crippen molar-refractivity contribution in [3.05, 3.63) is 41.5 Å². The van der Waals surface area contributed by atoms with Crippen LogP contribution in [0.3, 0.4) is 0 Å². The second kappa shape index (κ2) is 17.0. The fraction of sp³-hybridized carbons (Fsp3) is 0.559. The van der Waals surface area contributed by atoms with Gasteiger partial charge in [-0.05, 0) is 36.8 Å². The SMILES string of the molecule is COc1ccc(CON(Cc2c(OC)cc(OC)cc2OC)C(=O)C(O)[C@@H](CC(C)C)C(=O)N[C@H](C(C)=O)C(C)(C)C)c(OC)c1. The van der Waals surface area contributed by atoms with E-state index in [0.717, 1.165) is 5.06 Å². The lowest BCUT2D eigenvalue weighted by Crippen LogP contribution is -2.54. The quantitative estimate of drug-likeness (QED) is 0.239. The van der Waals surface area contributed by atoms with Gasteiger partial charge in [0, 0.05) is 23.8 Å². The third-order valence-corrected chi connectivity index (χ3v) is 7.49. The van der Waals surface area contributed by atoms with Crippen molar-refractivity contribution in [3.8, 4) is 28.7 Å². The standard InChI is InChI=1S/C34H50N2O10/c1-20(2)14-25(32(39)35-31(21(3)37)34(4,5)6)30(38)33(40)36(46-19-22-12-13-23(41-7)15-27(22)43-9)18-26-28(44-10)16-24(42-8)17-29(26)45-11/h12-13,15-17,20,25,30-31,38H,14,18-19H2,1-11H3,(H,35,39)/t25-,30?,31-/m1/s1. The normalized spacial score (nSPS) is 13.3. The van der Waals surface area contributed by atoms with E-state index in [1.807, 2.05) is 34.6 Å². The number of nitrogens with zero attached hydrogens (tertiary/aromatic N) is 1. The molecule has 3 atom stereocenters. The van der Waals surface area contributed by atoms with E-state index in [1.165, 1.54) is 42.5 Å². The van der Waals surface area contributed by atoms with Crippen LogP contribution >= 0.6 is 0 Å². The number of hydrogen-bond donors (Lipinski definition) is 2. The molecule has 2 aromatic rings. The van der Waals surface area contributed by atoms with Gasteiger partial charge in [0.25, 0.3) is 5.91 Å². The van der Waals surface area contributed by atoms with Crippen LogP contribution in [0.4, 0.5) is 0 Å². The first-order valence-corrected chi connectivity index (χ1v) is 15.0. The number of nitrogens with one attached hydrogen (secondary N) is 1. The third kappa shape index (κ3) is 9.98. The van der Waals surface area contributed by atoms with Gasteiger partial charge in [-0.25, -0.2) is 5.06 Å². The summed E-state index contributed by atoms with van der Waals surface area (Å²) >= 11 is 0. The van der Waals surface area contributed by atoms with Gasteiger partial charge < -0.3 is 34.1 Å². The Labute approximate surface area is 272 Å². The summed E-state index contributed by atoms with van der Waals surface area (Å²) < 4.78 is 27.3. The van der Waals surface area contributed by atoms with Crippen molar-refractivity contribution < 1.29 is 48.0 Å². The molecule has 0 aromatic heterocycles. The van der Waals surface area contributed by atoms with E-state index in [9.17, 15) is 19.5 Å². The fourth-order valence-corrected chi connectivity index (χ4v) is 5.07. The lowest BCUT2D eigenvalue weighted by molar-refractivity contribution is -0.206. The minimum atomic E-state index is -1.82. The van der Waals surface area contributed by atoms with Crippen LogP contribution in [0.5, 0.6) is 28.7 Å². The molecule has 0 bridgehead atoms. The molecule has 2 aromatic carbocycles. The average Bonchev–Trinajstić information content (AvgIpc) is 3.02. The van der Waals surface area contributed by atoms with Crippen LogP contribution in [0, 0.1) is 17.3 Å². The van der Waals surface area contributed by atoms with Crippen LogP contribution in [0.1, 0.15) is 59.1 Å². The lowest BCUT2D eigenvalue weighted by atomic mass is 9.83. The molecule has 0 aliphatic rings. The largest absolute Gasteiger partial charge is 0.497 e. The van der Waals surface area contributed by atoms with Gasteiger partial charge >= 0.3 is 0 Å². The van der Waals surface area contributed by atoms with Gasteiger partial charge in [-0.3, -0.25) is 19.2 Å². The maximum Gasteiger partial charge on any atom is 0.276 e. The smallest absolute Gasteiger partial charge is 0.276 e. The molecule has 0 aliphatic heterocycles. The van der Waals surface area contributed by atoms with Crippen LogP contribution in [-0.4, -0.2) is 75.5 Å². The molecule has 256 valence electrons. The number of hydroxylamine groups is 2. The summed E-state index contributed by atoms with van der Waals surface area (Å²) in [5.41, 5.74) is 0.435. The average molecular weight is 647 g/mol. The van der Waals surface area contributed by atoms with Crippen molar-refractivity contribution in [3.63, 3.8) is 0 Å². The second-order valence-electron chi connectivity index (χ2n) is 12.4. The van der Waals surface area contributed by atoms with Gasteiger partial charge in [0.15, 0.2) is 5.78 Å². The zero-order chi connectivity index (χ0) is 34.8. The summed E-state index contributed by atoms with van der Waals surface area (Å²) in [6, 6.07) is 7.58. The predicted molar refractivity (Wildman–Crippen MR) is 172 cm³/mol. The summed E-state index contributed by atoms with van der Waals surface area (Å²) in [5, 5.41) is 15.3. The number of carbonyl (C=O) groups excluding carboxylic acids is 3. The number of aliphatic hydroxyl groups excluding tert-OH is 1. The molecule has 2 amide bonds. The van der Waals surface area contributed by atoms with Gasteiger partial charge in [-0.15, -0.1) is 0 Å². The Bertz CT molecular complexity index is 1310. The number of methoxy groups -OCH3 is 5. The molecule has 0 fully saturated rings. The molecule has 12 heteroatoms. The summed E-state index contributed by atoms with van der Waals surface area (Å²) in [6.07, 6.45) is -1.65. The molecule has 0 aliphatic carbocycles. The van der Waals surface area contributed by atoms with E-state index >= 15 is 0 Å². The molecule has 0 saturated carbocycles. The predicted octanol–water partition coefficient (Wildman–Crippen LogP) is 4.33. The highest BCUT2D eigenvalue weighted by atomic mass is 16.7. The van der Waals surface area contributed by atoms with Crippen molar-refractivity contribution in [2.45, 2.75) is 73.3 Å². The van der Waals surface area contributed by atoms with Crippen molar-refractivity contribution in [2.24, 2.45) is 17.3 Å². The van der Waals surface area contributed by atoms with Gasteiger partial charge in [-0.2, -0.15) is 0 Å². The third-order valence-electron chi connectivity index (χ3n) is 7.49. The van der Waals surface area contributed by atoms with Gasteiger partial charge in [0.2, 0.25) is 5.91 Å². The van der Waals surface area contributed by atoms with E-state index < -0.39 is 35.3 Å².